The van der Waals surface area contributed by atoms with Crippen molar-refractivity contribution in [3.8, 4) is 0 Å². The van der Waals surface area contributed by atoms with Gasteiger partial charge in [-0.15, -0.1) is 0 Å². The summed E-state index contributed by atoms with van der Waals surface area (Å²) in [5.41, 5.74) is 2.69. The van der Waals surface area contributed by atoms with Crippen molar-refractivity contribution in [3.63, 3.8) is 0 Å². The molecule has 3 heteroatoms. The van der Waals surface area contributed by atoms with Crippen LogP contribution in [0, 0.1) is 5.92 Å². The Kier molecular flexibility index (Phi) is 5.16. The van der Waals surface area contributed by atoms with E-state index in [1.54, 1.807) is 0 Å². The van der Waals surface area contributed by atoms with Crippen molar-refractivity contribution in [1.82, 2.24) is 14.9 Å². The molecule has 2 aromatic rings. The minimum Gasteiger partial charge on any atom is -0.350 e. The van der Waals surface area contributed by atoms with Crippen molar-refractivity contribution in [2.75, 3.05) is 6.54 Å². The Morgan fingerprint density at radius 3 is 2.74 bits per heavy atom. The van der Waals surface area contributed by atoms with E-state index in [2.05, 4.69) is 59.2 Å². The second kappa shape index (κ2) is 7.10. The standard InChI is InChI=1S/C16H23N3/c1-14(2)12-18-13-16-4-3-10-19(16)11-7-15-5-8-17-9-6-15/h3-6,8-10,14,18H,7,11-13H2,1-2H3. The van der Waals surface area contributed by atoms with E-state index in [-0.39, 0.29) is 0 Å². The molecular formula is C16H23N3. The highest BCUT2D eigenvalue weighted by molar-refractivity contribution is 5.11. The predicted molar refractivity (Wildman–Crippen MR) is 78.9 cm³/mol. The van der Waals surface area contributed by atoms with Gasteiger partial charge in [-0.3, -0.25) is 4.98 Å². The molecule has 3 nitrogen and oxygen atoms in total. The topological polar surface area (TPSA) is 29.9 Å². The minimum absolute atomic E-state index is 0.695. The highest BCUT2D eigenvalue weighted by Gasteiger charge is 2.01. The number of aryl methyl sites for hydroxylation is 2. The molecule has 0 atom stereocenters. The zero-order chi connectivity index (χ0) is 13.5. The van der Waals surface area contributed by atoms with E-state index < -0.39 is 0 Å². The van der Waals surface area contributed by atoms with Crippen LogP contribution in [0.3, 0.4) is 0 Å². The molecule has 0 aliphatic carbocycles. The maximum atomic E-state index is 4.05. The van der Waals surface area contributed by atoms with E-state index in [1.807, 2.05) is 12.4 Å². The van der Waals surface area contributed by atoms with Gasteiger partial charge in [0, 0.05) is 37.4 Å². The summed E-state index contributed by atoms with van der Waals surface area (Å²) in [5.74, 6) is 0.695. The molecule has 19 heavy (non-hydrogen) atoms. The molecule has 2 aromatic heterocycles. The van der Waals surface area contributed by atoms with Gasteiger partial charge in [-0.2, -0.15) is 0 Å². The molecule has 102 valence electrons. The maximum absolute atomic E-state index is 4.05. The number of rotatable bonds is 7. The van der Waals surface area contributed by atoms with Crippen LogP contribution in [0.4, 0.5) is 0 Å². The lowest BCUT2D eigenvalue weighted by atomic mass is 10.2. The van der Waals surface area contributed by atoms with E-state index in [1.165, 1.54) is 11.3 Å². The SMILES string of the molecule is CC(C)CNCc1cccn1CCc1ccncc1. The van der Waals surface area contributed by atoms with Gasteiger partial charge in [-0.05, 0) is 48.7 Å². The van der Waals surface area contributed by atoms with Crippen LogP contribution < -0.4 is 5.32 Å². The number of nitrogens with zero attached hydrogens (tertiary/aromatic N) is 2. The molecule has 0 aliphatic heterocycles. The Morgan fingerprint density at radius 2 is 2.00 bits per heavy atom. The fraction of sp³-hybridized carbons (Fsp3) is 0.438. The van der Waals surface area contributed by atoms with Crippen molar-refractivity contribution in [1.29, 1.82) is 0 Å². The van der Waals surface area contributed by atoms with Gasteiger partial charge >= 0.3 is 0 Å². The number of pyridine rings is 1. The Labute approximate surface area is 115 Å². The molecule has 0 saturated heterocycles. The summed E-state index contributed by atoms with van der Waals surface area (Å²) < 4.78 is 2.33. The average Bonchev–Trinajstić information content (AvgIpc) is 2.85. The second-order valence-electron chi connectivity index (χ2n) is 5.32. The van der Waals surface area contributed by atoms with E-state index >= 15 is 0 Å². The van der Waals surface area contributed by atoms with Crippen LogP contribution in [0.15, 0.2) is 42.9 Å². The lowest BCUT2D eigenvalue weighted by Gasteiger charge is -2.11. The largest absolute Gasteiger partial charge is 0.350 e. The Balaban J connectivity index is 1.85. The summed E-state index contributed by atoms with van der Waals surface area (Å²) in [6.45, 7) is 7.50. The second-order valence-corrected chi connectivity index (χ2v) is 5.32. The zero-order valence-electron chi connectivity index (χ0n) is 11.8. The monoisotopic (exact) mass is 257 g/mol. The van der Waals surface area contributed by atoms with E-state index in [9.17, 15) is 0 Å². The first-order valence-corrected chi connectivity index (χ1v) is 6.99. The van der Waals surface area contributed by atoms with Gasteiger partial charge in [0.05, 0.1) is 0 Å². The molecule has 0 spiro atoms. The molecule has 0 amide bonds. The van der Waals surface area contributed by atoms with Crippen molar-refractivity contribution in [3.05, 3.63) is 54.1 Å². The van der Waals surface area contributed by atoms with Crippen LogP contribution in [-0.2, 0) is 19.5 Å². The van der Waals surface area contributed by atoms with E-state index in [0.717, 1.165) is 26.1 Å². The molecule has 2 heterocycles. The fourth-order valence-corrected chi connectivity index (χ4v) is 2.12. The Hall–Kier alpha value is -1.61. The Bertz CT molecular complexity index is 474. The quantitative estimate of drug-likeness (QED) is 0.826. The molecule has 2 rings (SSSR count). The summed E-state index contributed by atoms with van der Waals surface area (Å²) in [7, 11) is 0. The first-order valence-electron chi connectivity index (χ1n) is 6.99. The molecule has 0 aromatic carbocycles. The first-order chi connectivity index (χ1) is 9.25. The van der Waals surface area contributed by atoms with Gasteiger partial charge in [0.2, 0.25) is 0 Å². The number of hydrogen-bond donors (Lipinski definition) is 1. The summed E-state index contributed by atoms with van der Waals surface area (Å²) in [6, 6.07) is 8.49. The lowest BCUT2D eigenvalue weighted by molar-refractivity contribution is 0.534. The van der Waals surface area contributed by atoms with Crippen LogP contribution in [0.25, 0.3) is 0 Å². The van der Waals surface area contributed by atoms with Crippen LogP contribution in [0.5, 0.6) is 0 Å². The number of hydrogen-bond acceptors (Lipinski definition) is 2. The minimum atomic E-state index is 0.695. The van der Waals surface area contributed by atoms with Gasteiger partial charge in [-0.1, -0.05) is 13.8 Å². The van der Waals surface area contributed by atoms with Gasteiger partial charge in [0.25, 0.3) is 0 Å². The van der Waals surface area contributed by atoms with Crippen LogP contribution in [0.1, 0.15) is 25.1 Å². The summed E-state index contributed by atoms with van der Waals surface area (Å²) in [6.07, 6.45) is 6.92. The molecule has 0 aliphatic rings. The normalized spacial score (nSPS) is 11.1. The highest BCUT2D eigenvalue weighted by Crippen LogP contribution is 2.06. The molecule has 1 N–H and O–H groups in total. The zero-order valence-corrected chi connectivity index (χ0v) is 11.8. The van der Waals surface area contributed by atoms with Crippen molar-refractivity contribution in [2.45, 2.75) is 33.4 Å². The van der Waals surface area contributed by atoms with Crippen molar-refractivity contribution in [2.24, 2.45) is 5.92 Å². The molecule has 0 saturated carbocycles. The summed E-state index contributed by atoms with van der Waals surface area (Å²) in [4.78, 5) is 4.05. The maximum Gasteiger partial charge on any atom is 0.0359 e. The molecule has 0 radical (unpaired) electrons. The fourth-order valence-electron chi connectivity index (χ4n) is 2.12. The van der Waals surface area contributed by atoms with E-state index in [0.29, 0.717) is 5.92 Å². The van der Waals surface area contributed by atoms with Crippen LogP contribution in [-0.4, -0.2) is 16.1 Å². The van der Waals surface area contributed by atoms with Gasteiger partial charge in [0.1, 0.15) is 0 Å². The smallest absolute Gasteiger partial charge is 0.0359 e. The molecule has 0 unspecified atom stereocenters. The van der Waals surface area contributed by atoms with Gasteiger partial charge < -0.3 is 9.88 Å². The van der Waals surface area contributed by atoms with Gasteiger partial charge in [0.15, 0.2) is 0 Å². The summed E-state index contributed by atoms with van der Waals surface area (Å²) >= 11 is 0. The third-order valence-electron chi connectivity index (χ3n) is 3.17. The first kappa shape index (κ1) is 13.8. The van der Waals surface area contributed by atoms with Crippen LogP contribution >= 0.6 is 0 Å². The highest BCUT2D eigenvalue weighted by atomic mass is 15.0. The number of nitrogens with one attached hydrogen (secondary N) is 1. The van der Waals surface area contributed by atoms with Crippen molar-refractivity contribution >= 4 is 0 Å². The molecule has 0 fully saturated rings. The summed E-state index contributed by atoms with van der Waals surface area (Å²) in [5, 5.41) is 3.49. The Morgan fingerprint density at radius 1 is 1.21 bits per heavy atom. The molecular weight excluding hydrogens is 234 g/mol. The average molecular weight is 257 g/mol. The van der Waals surface area contributed by atoms with Crippen LogP contribution in [0.2, 0.25) is 0 Å². The predicted octanol–water partition coefficient (Wildman–Crippen LogP) is 2.87. The van der Waals surface area contributed by atoms with Crippen molar-refractivity contribution < 1.29 is 0 Å². The third-order valence-corrected chi connectivity index (χ3v) is 3.17. The third kappa shape index (κ3) is 4.52. The number of aromatic nitrogens is 2. The molecule has 0 bridgehead atoms. The van der Waals surface area contributed by atoms with Gasteiger partial charge in [-0.25, -0.2) is 0 Å². The van der Waals surface area contributed by atoms with E-state index in [4.69, 9.17) is 0 Å². The lowest BCUT2D eigenvalue weighted by Crippen LogP contribution is -2.21.